The van der Waals surface area contributed by atoms with Crippen molar-refractivity contribution in [3.63, 3.8) is 0 Å². The van der Waals surface area contributed by atoms with Gasteiger partial charge in [0.15, 0.2) is 0 Å². The van der Waals surface area contributed by atoms with Gasteiger partial charge < -0.3 is 14.5 Å². The molecule has 37 heavy (non-hydrogen) atoms. The van der Waals surface area contributed by atoms with Gasteiger partial charge in [0.2, 0.25) is 5.91 Å². The molecule has 0 spiro atoms. The Morgan fingerprint density at radius 1 is 1.05 bits per heavy atom. The fourth-order valence-corrected chi connectivity index (χ4v) is 6.91. The van der Waals surface area contributed by atoms with E-state index in [1.165, 1.54) is 34.9 Å². The van der Waals surface area contributed by atoms with Gasteiger partial charge in [-0.3, -0.25) is 9.78 Å². The van der Waals surface area contributed by atoms with Gasteiger partial charge in [-0.25, -0.2) is 4.79 Å². The molecule has 0 atom stereocenters. The molecule has 3 heterocycles. The smallest absolute Gasteiger partial charge is 0.409 e. The number of hydrogen-bond donors (Lipinski definition) is 0. The summed E-state index contributed by atoms with van der Waals surface area (Å²) in [6.07, 6.45) is 7.28. The van der Waals surface area contributed by atoms with Crippen molar-refractivity contribution in [1.82, 2.24) is 14.8 Å². The quantitative estimate of drug-likeness (QED) is 0.365. The number of nitrogens with zero attached hydrogens (tertiary/aromatic N) is 3. The third-order valence-electron chi connectivity index (χ3n) is 7.86. The molecule has 1 aliphatic carbocycles. The lowest BCUT2D eigenvalue weighted by Gasteiger charge is -2.34. The monoisotopic (exact) mass is 649 g/mol. The van der Waals surface area contributed by atoms with Crippen LogP contribution in [0.5, 0.6) is 0 Å². The lowest BCUT2D eigenvalue weighted by molar-refractivity contribution is -0.132. The number of piperidine rings is 2. The number of ether oxygens (including phenoxy) is 1. The van der Waals surface area contributed by atoms with Crippen LogP contribution >= 0.6 is 43.5 Å². The van der Waals surface area contributed by atoms with E-state index in [2.05, 4.69) is 44.0 Å². The molecule has 0 radical (unpaired) electrons. The molecule has 0 bridgehead atoms. The van der Waals surface area contributed by atoms with Gasteiger partial charge in [0.05, 0.1) is 17.8 Å². The normalized spacial score (nSPS) is 18.3. The van der Waals surface area contributed by atoms with E-state index in [9.17, 15) is 9.59 Å². The molecule has 3 aliphatic rings. The van der Waals surface area contributed by atoms with Crippen molar-refractivity contribution in [2.75, 3.05) is 33.3 Å². The van der Waals surface area contributed by atoms with Crippen molar-refractivity contribution in [2.24, 2.45) is 5.92 Å². The van der Waals surface area contributed by atoms with E-state index >= 15 is 0 Å². The minimum absolute atomic E-state index is 0.221. The zero-order chi connectivity index (χ0) is 26.1. The van der Waals surface area contributed by atoms with Crippen molar-refractivity contribution in [2.45, 2.75) is 44.9 Å². The second-order valence-corrected chi connectivity index (χ2v) is 12.1. The van der Waals surface area contributed by atoms with E-state index in [1.54, 1.807) is 4.90 Å². The maximum absolute atomic E-state index is 13.2. The number of amides is 2. The summed E-state index contributed by atoms with van der Waals surface area (Å²) < 4.78 is 6.77. The number of carbonyl (C=O) groups is 2. The van der Waals surface area contributed by atoms with Gasteiger partial charge in [0, 0.05) is 53.3 Å². The van der Waals surface area contributed by atoms with Gasteiger partial charge in [-0.1, -0.05) is 23.2 Å². The minimum Gasteiger partial charge on any atom is -0.453 e. The Bertz CT molecular complexity index is 1250. The van der Waals surface area contributed by atoms with Crippen LogP contribution in [0.2, 0.25) is 5.02 Å². The number of pyridine rings is 1. The van der Waals surface area contributed by atoms with Crippen molar-refractivity contribution in [3.05, 3.63) is 66.3 Å². The summed E-state index contributed by atoms with van der Waals surface area (Å²) in [6, 6.07) is 6.26. The number of fused-ring (bicyclic) bond motifs is 2. The molecule has 1 aromatic carbocycles. The van der Waals surface area contributed by atoms with Crippen LogP contribution < -0.4 is 0 Å². The van der Waals surface area contributed by atoms with Crippen molar-refractivity contribution < 1.29 is 14.3 Å². The summed E-state index contributed by atoms with van der Waals surface area (Å²) >= 11 is 13.8. The van der Waals surface area contributed by atoms with Crippen LogP contribution in [0.3, 0.4) is 0 Å². The van der Waals surface area contributed by atoms with Crippen molar-refractivity contribution >= 4 is 61.0 Å². The molecule has 2 aromatic rings. The second kappa shape index (κ2) is 11.5. The first-order valence-electron chi connectivity index (χ1n) is 12.8. The molecule has 0 saturated carbocycles. The van der Waals surface area contributed by atoms with Gasteiger partial charge in [-0.15, -0.1) is 0 Å². The van der Waals surface area contributed by atoms with E-state index in [0.29, 0.717) is 38.5 Å². The molecule has 1 aromatic heterocycles. The molecule has 9 heteroatoms. The summed E-state index contributed by atoms with van der Waals surface area (Å²) in [7, 11) is 1.41. The Balaban J connectivity index is 1.34. The molecule has 2 amide bonds. The Morgan fingerprint density at radius 2 is 1.78 bits per heavy atom. The lowest BCUT2D eigenvalue weighted by atomic mass is 9.88. The first kappa shape index (κ1) is 26.7. The van der Waals surface area contributed by atoms with Gasteiger partial charge >= 0.3 is 6.09 Å². The minimum atomic E-state index is -0.279. The van der Waals surface area contributed by atoms with Crippen LogP contribution in [0, 0.1) is 5.92 Å². The third-order valence-corrected chi connectivity index (χ3v) is 9.75. The molecule has 196 valence electrons. The summed E-state index contributed by atoms with van der Waals surface area (Å²) in [4.78, 5) is 33.5. The number of likely N-dealkylation sites (tertiary alicyclic amines) is 2. The topological polar surface area (TPSA) is 62.7 Å². The second-order valence-electron chi connectivity index (χ2n) is 10.0. The van der Waals surface area contributed by atoms with Crippen molar-refractivity contribution in [1.29, 1.82) is 0 Å². The van der Waals surface area contributed by atoms with Crippen molar-refractivity contribution in [3.8, 4) is 0 Å². The summed E-state index contributed by atoms with van der Waals surface area (Å²) in [5.41, 5.74) is 7.24. The molecule has 0 unspecified atom stereocenters. The lowest BCUT2D eigenvalue weighted by Crippen LogP contribution is -2.41. The third kappa shape index (κ3) is 5.62. The Morgan fingerprint density at radius 3 is 2.49 bits per heavy atom. The van der Waals surface area contributed by atoms with Gasteiger partial charge in [-0.05, 0) is 105 Å². The highest BCUT2D eigenvalue weighted by atomic mass is 79.9. The van der Waals surface area contributed by atoms with Crippen LogP contribution in [0.25, 0.3) is 5.57 Å². The zero-order valence-electron chi connectivity index (χ0n) is 20.9. The molecular weight excluding hydrogens is 622 g/mol. The van der Waals surface area contributed by atoms with E-state index in [0.717, 1.165) is 58.2 Å². The maximum atomic E-state index is 13.2. The highest BCUT2D eigenvalue weighted by molar-refractivity contribution is 9.10. The molecule has 5 rings (SSSR count). The molecule has 2 aliphatic heterocycles. The van der Waals surface area contributed by atoms with Crippen LogP contribution in [0.15, 0.2) is 38.9 Å². The van der Waals surface area contributed by atoms with Crippen LogP contribution in [-0.2, 0) is 22.4 Å². The average Bonchev–Trinajstić information content (AvgIpc) is 3.07. The number of carbonyl (C=O) groups excluding carboxylic acids is 2. The largest absolute Gasteiger partial charge is 0.453 e. The zero-order valence-corrected chi connectivity index (χ0v) is 24.8. The van der Waals surface area contributed by atoms with Crippen LogP contribution in [0.1, 0.15) is 54.5 Å². The van der Waals surface area contributed by atoms with Gasteiger partial charge in [0.25, 0.3) is 0 Å². The first-order chi connectivity index (χ1) is 17.9. The molecule has 0 N–H and O–H groups in total. The highest BCUT2D eigenvalue weighted by Gasteiger charge is 2.30. The predicted molar refractivity (Wildman–Crippen MR) is 152 cm³/mol. The number of halogens is 3. The number of benzene rings is 1. The van der Waals surface area contributed by atoms with E-state index in [1.807, 2.05) is 17.2 Å². The van der Waals surface area contributed by atoms with E-state index in [4.69, 9.17) is 21.3 Å². The van der Waals surface area contributed by atoms with Crippen LogP contribution in [0.4, 0.5) is 4.79 Å². The van der Waals surface area contributed by atoms with Gasteiger partial charge in [-0.2, -0.15) is 0 Å². The first-order valence-corrected chi connectivity index (χ1v) is 14.8. The highest BCUT2D eigenvalue weighted by Crippen LogP contribution is 2.42. The Labute approximate surface area is 239 Å². The summed E-state index contributed by atoms with van der Waals surface area (Å²) in [5, 5.41) is 0.723. The number of aryl methyl sites for hydroxylation is 1. The Hall–Kier alpha value is -1.90. The van der Waals surface area contributed by atoms with Crippen LogP contribution in [-0.4, -0.2) is 60.1 Å². The fraction of sp³-hybridized carbons (Fsp3) is 0.464. The molecule has 2 fully saturated rings. The number of aromatic nitrogens is 1. The fourth-order valence-electron chi connectivity index (χ4n) is 5.81. The standard InChI is InChI=1S/C28H30Br2ClN3O3/c1-37-28(36)34-10-6-17(7-11-34)14-24(35)33-12-8-18(9-13-33)25-21-4-5-23(31)26(30)22(21)3-2-19-15-20(29)16-32-27(19)25/h4-5,15-17H,2-3,6-14H2,1H3. The molecule has 6 nitrogen and oxygen atoms in total. The molecular formula is C28H30Br2ClN3O3. The summed E-state index contributed by atoms with van der Waals surface area (Å²) in [6.45, 7) is 2.74. The number of rotatable bonds is 2. The molecule has 2 saturated heterocycles. The number of methoxy groups -OCH3 is 1. The van der Waals surface area contributed by atoms with E-state index in [-0.39, 0.29) is 12.0 Å². The van der Waals surface area contributed by atoms with Gasteiger partial charge in [0.1, 0.15) is 0 Å². The van der Waals surface area contributed by atoms with E-state index < -0.39 is 0 Å². The number of hydrogen-bond acceptors (Lipinski definition) is 4. The maximum Gasteiger partial charge on any atom is 0.409 e. The average molecular weight is 652 g/mol. The summed E-state index contributed by atoms with van der Waals surface area (Å²) in [5.74, 6) is 0.539. The Kier molecular flexibility index (Phi) is 8.27. The SMILES string of the molecule is COC(=O)N1CCC(CC(=O)N2CCC(=C3c4ccc(Cl)c(Br)c4CCc4cc(Br)cnc43)CC2)CC1. The predicted octanol–water partition coefficient (Wildman–Crippen LogP) is 6.65.